The highest BCUT2D eigenvalue weighted by Crippen LogP contribution is 2.26. The molecule has 0 spiro atoms. The number of nitrogens with two attached hydrogens (primary N) is 2. The van der Waals surface area contributed by atoms with E-state index in [9.17, 15) is 0 Å². The monoisotopic (exact) mass is 316 g/mol. The zero-order valence-corrected chi connectivity index (χ0v) is 12.4. The van der Waals surface area contributed by atoms with Crippen molar-refractivity contribution >= 4 is 35.6 Å². The molecule has 0 saturated heterocycles. The lowest BCUT2D eigenvalue weighted by Gasteiger charge is -2.20. The van der Waals surface area contributed by atoms with Crippen molar-refractivity contribution in [3.8, 4) is 0 Å². The van der Waals surface area contributed by atoms with Crippen LogP contribution in [0.4, 0.5) is 0 Å². The summed E-state index contributed by atoms with van der Waals surface area (Å²) >= 11 is 11.7. The summed E-state index contributed by atoms with van der Waals surface area (Å²) in [6, 6.07) is 14.3. The Morgan fingerprint density at radius 2 is 0.895 bits per heavy atom. The maximum absolute atomic E-state index is 6.16. The molecule has 2 nitrogen and oxygen atoms in total. The number of benzene rings is 2. The third kappa shape index (κ3) is 4.10. The summed E-state index contributed by atoms with van der Waals surface area (Å²) in [5, 5.41) is 1.37. The summed E-state index contributed by atoms with van der Waals surface area (Å²) in [6.07, 6.45) is 0. The number of halogens is 3. The van der Waals surface area contributed by atoms with Gasteiger partial charge in [0.2, 0.25) is 0 Å². The molecule has 0 saturated carbocycles. The fourth-order valence-corrected chi connectivity index (χ4v) is 2.04. The minimum absolute atomic E-state index is 0. The minimum Gasteiger partial charge on any atom is -0.322 e. The van der Waals surface area contributed by atoms with Crippen molar-refractivity contribution in [3.05, 3.63) is 69.7 Å². The van der Waals surface area contributed by atoms with Gasteiger partial charge in [-0.05, 0) is 35.4 Å². The van der Waals surface area contributed by atoms with Crippen molar-refractivity contribution in [2.24, 2.45) is 11.5 Å². The lowest BCUT2D eigenvalue weighted by atomic mass is 9.95. The van der Waals surface area contributed by atoms with Crippen molar-refractivity contribution in [1.29, 1.82) is 0 Å². The second-order valence-corrected chi connectivity index (χ2v) is 5.03. The van der Waals surface area contributed by atoms with Gasteiger partial charge in [-0.2, -0.15) is 0 Å². The van der Waals surface area contributed by atoms with Gasteiger partial charge in [0.1, 0.15) is 0 Å². The topological polar surface area (TPSA) is 52.0 Å². The second-order valence-electron chi connectivity index (χ2n) is 4.15. The number of rotatable bonds is 3. The first-order valence-corrected chi connectivity index (χ1v) is 6.35. The molecule has 0 bridgehead atoms. The Kier molecular flexibility index (Phi) is 6.11. The van der Waals surface area contributed by atoms with Gasteiger partial charge in [-0.15, -0.1) is 12.4 Å². The van der Waals surface area contributed by atoms with E-state index in [1.54, 1.807) is 0 Å². The van der Waals surface area contributed by atoms with E-state index in [4.69, 9.17) is 34.7 Å². The molecule has 2 aromatic carbocycles. The van der Waals surface area contributed by atoms with Crippen LogP contribution in [0.5, 0.6) is 0 Å². The van der Waals surface area contributed by atoms with Crippen LogP contribution in [0.2, 0.25) is 10.0 Å². The van der Waals surface area contributed by atoms with Gasteiger partial charge in [-0.3, -0.25) is 0 Å². The summed E-state index contributed by atoms with van der Waals surface area (Å²) in [6.45, 7) is 0. The van der Waals surface area contributed by atoms with Crippen LogP contribution in [0.3, 0.4) is 0 Å². The molecule has 19 heavy (non-hydrogen) atoms. The Labute approximate surface area is 129 Å². The van der Waals surface area contributed by atoms with Gasteiger partial charge in [0.05, 0.1) is 0 Å². The van der Waals surface area contributed by atoms with Crippen molar-refractivity contribution in [3.63, 3.8) is 0 Å². The first-order chi connectivity index (χ1) is 8.58. The molecular weight excluding hydrogens is 303 g/mol. The quantitative estimate of drug-likeness (QED) is 0.895. The average Bonchev–Trinajstić information content (AvgIpc) is 2.39. The largest absolute Gasteiger partial charge is 0.322 e. The fourth-order valence-electron chi connectivity index (χ4n) is 1.78. The molecule has 0 amide bonds. The molecule has 0 fully saturated rings. The first kappa shape index (κ1) is 16.3. The molecule has 0 radical (unpaired) electrons. The Morgan fingerprint density at radius 1 is 0.632 bits per heavy atom. The molecule has 2 rings (SSSR count). The van der Waals surface area contributed by atoms with Gasteiger partial charge in [0.25, 0.3) is 0 Å². The highest BCUT2D eigenvalue weighted by Gasteiger charge is 2.17. The lowest BCUT2D eigenvalue weighted by Crippen LogP contribution is -2.26. The fraction of sp³-hybridized carbons (Fsp3) is 0.143. The average molecular weight is 318 g/mol. The summed E-state index contributed by atoms with van der Waals surface area (Å²) in [4.78, 5) is 0. The molecule has 0 heterocycles. The molecule has 2 atom stereocenters. The maximum atomic E-state index is 6.16. The van der Waals surface area contributed by atoms with E-state index in [-0.39, 0.29) is 24.5 Å². The van der Waals surface area contributed by atoms with Crippen LogP contribution >= 0.6 is 35.6 Å². The number of hydrogen-bond acceptors (Lipinski definition) is 2. The van der Waals surface area contributed by atoms with Crippen LogP contribution < -0.4 is 11.5 Å². The highest BCUT2D eigenvalue weighted by molar-refractivity contribution is 6.30. The molecule has 0 aliphatic carbocycles. The van der Waals surface area contributed by atoms with Gasteiger partial charge in [-0.1, -0.05) is 47.5 Å². The molecular formula is C14H15Cl3N2. The van der Waals surface area contributed by atoms with E-state index < -0.39 is 0 Å². The normalized spacial score (nSPS) is 13.5. The van der Waals surface area contributed by atoms with Gasteiger partial charge >= 0.3 is 0 Å². The third-order valence-corrected chi connectivity index (χ3v) is 3.40. The van der Waals surface area contributed by atoms with Crippen LogP contribution in [0.15, 0.2) is 48.5 Å². The zero-order valence-electron chi connectivity index (χ0n) is 10.1. The smallest absolute Gasteiger partial charge is 0.0491 e. The van der Waals surface area contributed by atoms with E-state index in [0.29, 0.717) is 10.0 Å². The summed E-state index contributed by atoms with van der Waals surface area (Å²) in [5.74, 6) is 0. The highest BCUT2D eigenvalue weighted by atomic mass is 35.5. The Hall–Kier alpha value is -0.770. The molecule has 102 valence electrons. The Morgan fingerprint density at radius 3 is 1.16 bits per heavy atom. The second kappa shape index (κ2) is 7.13. The van der Waals surface area contributed by atoms with E-state index in [2.05, 4.69) is 0 Å². The standard InChI is InChI=1S/C14H14Cl2N2.ClH/c15-11-5-1-9(2-6-11)13(17)14(18)10-3-7-12(16)8-4-10;/h1-8,13-14H,17-18H2;1H/t13-,14-;/m0./s1. The SMILES string of the molecule is Cl.N[C@@H](c1ccc(Cl)cc1)[C@@H](N)c1ccc(Cl)cc1. The van der Waals surface area contributed by atoms with E-state index >= 15 is 0 Å². The molecule has 4 N–H and O–H groups in total. The van der Waals surface area contributed by atoms with Gasteiger partial charge in [0.15, 0.2) is 0 Å². The van der Waals surface area contributed by atoms with Gasteiger partial charge < -0.3 is 11.5 Å². The zero-order chi connectivity index (χ0) is 13.1. The van der Waals surface area contributed by atoms with Gasteiger partial charge in [0, 0.05) is 22.1 Å². The summed E-state index contributed by atoms with van der Waals surface area (Å²) in [7, 11) is 0. The molecule has 0 aliphatic rings. The minimum atomic E-state index is -0.275. The molecule has 0 aromatic heterocycles. The van der Waals surface area contributed by atoms with Crippen LogP contribution in [0.1, 0.15) is 23.2 Å². The van der Waals surface area contributed by atoms with Gasteiger partial charge in [-0.25, -0.2) is 0 Å². The van der Waals surface area contributed by atoms with Crippen LogP contribution in [-0.2, 0) is 0 Å². The molecule has 5 heteroatoms. The molecule has 0 aliphatic heterocycles. The van der Waals surface area contributed by atoms with Crippen molar-refractivity contribution in [1.82, 2.24) is 0 Å². The predicted octanol–water partition coefficient (Wildman–Crippen LogP) is 4.12. The Balaban J connectivity index is 0.00000180. The van der Waals surface area contributed by atoms with Crippen molar-refractivity contribution in [2.45, 2.75) is 12.1 Å². The van der Waals surface area contributed by atoms with E-state index in [0.717, 1.165) is 11.1 Å². The van der Waals surface area contributed by atoms with Crippen LogP contribution in [-0.4, -0.2) is 0 Å². The number of hydrogen-bond donors (Lipinski definition) is 2. The van der Waals surface area contributed by atoms with Crippen LogP contribution in [0.25, 0.3) is 0 Å². The maximum Gasteiger partial charge on any atom is 0.0491 e. The van der Waals surface area contributed by atoms with E-state index in [1.165, 1.54) is 0 Å². The summed E-state index contributed by atoms with van der Waals surface area (Å²) in [5.41, 5.74) is 14.2. The third-order valence-electron chi connectivity index (χ3n) is 2.90. The molecule has 2 aromatic rings. The van der Waals surface area contributed by atoms with E-state index in [1.807, 2.05) is 48.5 Å². The Bertz CT molecular complexity index is 462. The van der Waals surface area contributed by atoms with Crippen molar-refractivity contribution in [2.75, 3.05) is 0 Å². The summed E-state index contributed by atoms with van der Waals surface area (Å²) < 4.78 is 0. The molecule has 0 unspecified atom stereocenters. The predicted molar refractivity (Wildman–Crippen MR) is 84.0 cm³/mol. The lowest BCUT2D eigenvalue weighted by molar-refractivity contribution is 0.574. The van der Waals surface area contributed by atoms with Crippen molar-refractivity contribution < 1.29 is 0 Å². The first-order valence-electron chi connectivity index (χ1n) is 5.60. The van der Waals surface area contributed by atoms with Crippen LogP contribution in [0, 0.1) is 0 Å².